The Morgan fingerprint density at radius 1 is 1.28 bits per heavy atom. The Labute approximate surface area is 158 Å². The number of aromatic nitrogens is 1. The molecule has 3 rings (SSSR count). The molecule has 6 heteroatoms. The second kappa shape index (κ2) is 8.27. The van der Waals surface area contributed by atoms with Crippen LogP contribution >= 0.6 is 27.3 Å². The number of para-hydroxylation sites is 1. The first-order chi connectivity index (χ1) is 12.2. The minimum Gasteiger partial charge on any atom is -0.493 e. The van der Waals surface area contributed by atoms with Crippen LogP contribution in [0.2, 0.25) is 0 Å². The Hall–Kier alpha value is -2.18. The molecule has 0 atom stereocenters. The molecule has 0 saturated heterocycles. The van der Waals surface area contributed by atoms with Gasteiger partial charge in [0.15, 0.2) is 4.80 Å². The number of benzene rings is 2. The van der Waals surface area contributed by atoms with Gasteiger partial charge in [-0.1, -0.05) is 51.5 Å². The number of fused-ring (bicyclic) bond motifs is 1. The molecule has 0 aliphatic carbocycles. The third kappa shape index (κ3) is 4.46. The van der Waals surface area contributed by atoms with Crippen LogP contribution in [0.4, 0.5) is 0 Å². The molecule has 0 saturated carbocycles. The first-order valence-electron chi connectivity index (χ1n) is 7.82. The first kappa shape index (κ1) is 17.6. The molecule has 25 heavy (non-hydrogen) atoms. The van der Waals surface area contributed by atoms with Crippen LogP contribution in [0.3, 0.4) is 0 Å². The Morgan fingerprint density at radius 3 is 2.84 bits per heavy atom. The van der Waals surface area contributed by atoms with Gasteiger partial charge in [0.05, 0.1) is 23.2 Å². The number of allylic oxidation sites excluding steroid dienone is 1. The maximum Gasteiger partial charge on any atom is 0.251 e. The highest BCUT2D eigenvalue weighted by Gasteiger charge is 2.08. The van der Waals surface area contributed by atoms with Gasteiger partial charge in [-0.3, -0.25) is 4.79 Å². The van der Waals surface area contributed by atoms with Crippen molar-refractivity contribution in [3.05, 3.63) is 70.5 Å². The highest BCUT2D eigenvalue weighted by Crippen LogP contribution is 2.22. The van der Waals surface area contributed by atoms with E-state index in [4.69, 9.17) is 4.74 Å². The van der Waals surface area contributed by atoms with Gasteiger partial charge >= 0.3 is 0 Å². The summed E-state index contributed by atoms with van der Waals surface area (Å²) in [6, 6.07) is 15.5. The lowest BCUT2D eigenvalue weighted by Crippen LogP contribution is -2.17. The number of amides is 1. The quantitative estimate of drug-likeness (QED) is 0.553. The molecule has 2 aromatic carbocycles. The zero-order valence-corrected chi connectivity index (χ0v) is 15.9. The van der Waals surface area contributed by atoms with Gasteiger partial charge in [-0.05, 0) is 30.3 Å². The summed E-state index contributed by atoms with van der Waals surface area (Å²) in [5.41, 5.74) is 1.04. The van der Waals surface area contributed by atoms with E-state index >= 15 is 0 Å². The lowest BCUT2D eigenvalue weighted by atomic mass is 10.3. The van der Waals surface area contributed by atoms with Gasteiger partial charge in [-0.2, -0.15) is 4.99 Å². The molecule has 4 nitrogen and oxygen atoms in total. The maximum atomic E-state index is 12.2. The maximum absolute atomic E-state index is 12.2. The van der Waals surface area contributed by atoms with Crippen molar-refractivity contribution < 1.29 is 9.53 Å². The van der Waals surface area contributed by atoms with Crippen molar-refractivity contribution in [3.8, 4) is 5.75 Å². The van der Waals surface area contributed by atoms with Crippen LogP contribution < -0.4 is 9.54 Å². The molecule has 0 N–H and O–H groups in total. The third-order valence-electron chi connectivity index (χ3n) is 3.50. The van der Waals surface area contributed by atoms with E-state index in [1.54, 1.807) is 6.08 Å². The molecule has 3 aromatic rings. The number of ether oxygens (including phenoxy) is 1. The fourth-order valence-electron chi connectivity index (χ4n) is 2.37. The topological polar surface area (TPSA) is 43.6 Å². The van der Waals surface area contributed by atoms with Crippen LogP contribution in [0, 0.1) is 0 Å². The van der Waals surface area contributed by atoms with Gasteiger partial charge in [0.2, 0.25) is 0 Å². The minimum atomic E-state index is -0.195. The second-order valence-electron chi connectivity index (χ2n) is 5.31. The second-order valence-corrected chi connectivity index (χ2v) is 7.24. The first-order valence-corrected chi connectivity index (χ1v) is 9.43. The Bertz CT molecular complexity index is 960. The van der Waals surface area contributed by atoms with Crippen molar-refractivity contribution in [3.63, 3.8) is 0 Å². The number of hydrogen-bond acceptors (Lipinski definition) is 3. The fraction of sp³-hybridized carbons (Fsp3) is 0.158. The van der Waals surface area contributed by atoms with Crippen LogP contribution in [0.5, 0.6) is 5.75 Å². The van der Waals surface area contributed by atoms with Crippen LogP contribution in [0.1, 0.15) is 6.42 Å². The van der Waals surface area contributed by atoms with E-state index in [1.165, 1.54) is 11.3 Å². The Morgan fingerprint density at radius 2 is 2.08 bits per heavy atom. The van der Waals surface area contributed by atoms with Gasteiger partial charge in [0.25, 0.3) is 5.91 Å². The molecule has 0 aliphatic rings. The normalized spacial score (nSPS) is 11.6. The predicted molar refractivity (Wildman–Crippen MR) is 105 cm³/mol. The molecule has 0 aliphatic heterocycles. The van der Waals surface area contributed by atoms with Gasteiger partial charge in [0.1, 0.15) is 5.75 Å². The predicted octanol–water partition coefficient (Wildman–Crippen LogP) is 4.55. The summed E-state index contributed by atoms with van der Waals surface area (Å²) < 4.78 is 9.63. The summed E-state index contributed by atoms with van der Waals surface area (Å²) >= 11 is 4.97. The molecule has 128 valence electrons. The van der Waals surface area contributed by atoms with Crippen molar-refractivity contribution in [1.82, 2.24) is 4.57 Å². The summed E-state index contributed by atoms with van der Waals surface area (Å²) in [6.45, 7) is 4.71. The summed E-state index contributed by atoms with van der Waals surface area (Å²) in [4.78, 5) is 17.2. The largest absolute Gasteiger partial charge is 0.493 e. The van der Waals surface area contributed by atoms with Crippen LogP contribution in [0.15, 0.2) is 70.7 Å². The highest BCUT2D eigenvalue weighted by molar-refractivity contribution is 9.10. The Balaban J connectivity index is 1.78. The molecule has 1 aromatic heterocycles. The highest BCUT2D eigenvalue weighted by atomic mass is 79.9. The van der Waals surface area contributed by atoms with Crippen molar-refractivity contribution in [2.75, 3.05) is 6.61 Å². The number of carbonyl (C=O) groups is 1. The van der Waals surface area contributed by atoms with E-state index in [0.29, 0.717) is 18.0 Å². The smallest absolute Gasteiger partial charge is 0.251 e. The van der Waals surface area contributed by atoms with Crippen molar-refractivity contribution >= 4 is 43.4 Å². The van der Waals surface area contributed by atoms with Gasteiger partial charge in [-0.15, -0.1) is 6.58 Å². The average Bonchev–Trinajstić information content (AvgIpc) is 2.92. The van der Waals surface area contributed by atoms with E-state index in [1.807, 2.05) is 53.1 Å². The standard InChI is InChI=1S/C19H17BrN2O2S/c1-2-11-22-16-9-8-14(20)13-17(16)25-19(22)21-18(23)10-12-24-15-6-4-3-5-7-15/h2-9,13H,1,10-12H2. The zero-order chi connectivity index (χ0) is 17.6. The van der Waals surface area contributed by atoms with Crippen molar-refractivity contribution in [2.24, 2.45) is 4.99 Å². The van der Waals surface area contributed by atoms with Crippen LogP contribution in [-0.2, 0) is 11.3 Å². The lowest BCUT2D eigenvalue weighted by molar-refractivity contribution is -0.118. The molecule has 0 unspecified atom stereocenters. The van der Waals surface area contributed by atoms with Gasteiger partial charge in [0, 0.05) is 11.0 Å². The average molecular weight is 417 g/mol. The molecule has 0 radical (unpaired) electrons. The van der Waals surface area contributed by atoms with E-state index in [-0.39, 0.29) is 12.3 Å². The molecule has 1 heterocycles. The molecular formula is C19H17BrN2O2S. The SMILES string of the molecule is C=CCn1c(=NC(=O)CCOc2ccccc2)sc2cc(Br)ccc21. The monoisotopic (exact) mass is 416 g/mol. The molecule has 0 spiro atoms. The number of thiazole rings is 1. The zero-order valence-electron chi connectivity index (χ0n) is 13.5. The number of hydrogen-bond donors (Lipinski definition) is 0. The van der Waals surface area contributed by atoms with E-state index < -0.39 is 0 Å². The molecule has 1 amide bonds. The summed E-state index contributed by atoms with van der Waals surface area (Å²) in [5.74, 6) is 0.558. The summed E-state index contributed by atoms with van der Waals surface area (Å²) in [5, 5.41) is 0. The number of carbonyl (C=O) groups excluding carboxylic acids is 1. The fourth-order valence-corrected chi connectivity index (χ4v) is 3.98. The number of rotatable bonds is 6. The molecule has 0 fully saturated rings. The molecule has 0 bridgehead atoms. The number of nitrogens with zero attached hydrogens (tertiary/aromatic N) is 2. The van der Waals surface area contributed by atoms with Crippen LogP contribution in [0.25, 0.3) is 10.2 Å². The van der Waals surface area contributed by atoms with Gasteiger partial charge in [-0.25, -0.2) is 0 Å². The minimum absolute atomic E-state index is 0.195. The van der Waals surface area contributed by atoms with E-state index in [2.05, 4.69) is 27.5 Å². The van der Waals surface area contributed by atoms with Gasteiger partial charge < -0.3 is 9.30 Å². The number of halogens is 1. The third-order valence-corrected chi connectivity index (χ3v) is 5.04. The summed E-state index contributed by atoms with van der Waals surface area (Å²) in [6.07, 6.45) is 2.04. The van der Waals surface area contributed by atoms with E-state index in [9.17, 15) is 4.79 Å². The summed E-state index contributed by atoms with van der Waals surface area (Å²) in [7, 11) is 0. The van der Waals surface area contributed by atoms with Crippen molar-refractivity contribution in [1.29, 1.82) is 0 Å². The molecular weight excluding hydrogens is 400 g/mol. The Kier molecular flexibility index (Phi) is 5.83. The van der Waals surface area contributed by atoms with Crippen LogP contribution in [-0.4, -0.2) is 17.1 Å². The lowest BCUT2D eigenvalue weighted by Gasteiger charge is -2.03. The van der Waals surface area contributed by atoms with E-state index in [0.717, 1.165) is 20.4 Å². The van der Waals surface area contributed by atoms with Crippen molar-refractivity contribution in [2.45, 2.75) is 13.0 Å².